The Kier molecular flexibility index (Phi) is 15.7. The van der Waals surface area contributed by atoms with E-state index in [9.17, 15) is 10.2 Å². The second-order valence-electron chi connectivity index (χ2n) is 6.07. The summed E-state index contributed by atoms with van der Waals surface area (Å²) in [6.45, 7) is 1.83. The summed E-state index contributed by atoms with van der Waals surface area (Å²) in [5.74, 6) is 0. The molecule has 125 valence electrons. The van der Waals surface area contributed by atoms with E-state index in [2.05, 4.69) is 6.92 Å². The molecule has 0 saturated carbocycles. The van der Waals surface area contributed by atoms with Crippen LogP contribution in [0.2, 0.25) is 0 Å². The van der Waals surface area contributed by atoms with Crippen LogP contribution in [-0.4, -0.2) is 23.9 Å². The molecule has 0 bridgehead atoms. The fourth-order valence-corrected chi connectivity index (χ4v) is 2.40. The zero-order valence-electron chi connectivity index (χ0n) is 13.9. The molecule has 0 heterocycles. The van der Waals surface area contributed by atoms with Crippen LogP contribution in [-0.2, 0) is 5.11 Å². The lowest BCUT2D eigenvalue weighted by Crippen LogP contribution is -2.35. The Balaban J connectivity index is 3.20. The van der Waals surface area contributed by atoms with Crippen molar-refractivity contribution in [2.75, 3.05) is 6.61 Å². The van der Waals surface area contributed by atoms with Crippen molar-refractivity contribution in [1.82, 2.24) is 0 Å². The lowest BCUT2D eigenvalue weighted by Gasteiger charge is -2.10. The third-order valence-corrected chi connectivity index (χ3v) is 3.94. The van der Waals surface area contributed by atoms with E-state index in [1.807, 2.05) is 6.08 Å². The molecule has 0 aliphatic rings. The van der Waals surface area contributed by atoms with Crippen LogP contribution in [0.1, 0.15) is 84.0 Å². The lowest BCUT2D eigenvalue weighted by atomic mass is 10.0. The third-order valence-electron chi connectivity index (χ3n) is 3.94. The van der Waals surface area contributed by atoms with Gasteiger partial charge in [0, 0.05) is 0 Å². The van der Waals surface area contributed by atoms with Crippen molar-refractivity contribution in [3.63, 3.8) is 0 Å². The van der Waals surface area contributed by atoms with E-state index in [0.29, 0.717) is 0 Å². The second kappa shape index (κ2) is 16.0. The first-order valence-electron chi connectivity index (χ1n) is 8.90. The summed E-state index contributed by atoms with van der Waals surface area (Å²) < 4.78 is 0. The van der Waals surface area contributed by atoms with Gasteiger partial charge >= 0.3 is 0 Å². The lowest BCUT2D eigenvalue weighted by molar-refractivity contribution is 0.106. The Morgan fingerprint density at radius 1 is 0.905 bits per heavy atom. The smallest absolute Gasteiger partial charge is 0.100 e. The van der Waals surface area contributed by atoms with Crippen LogP contribution in [0, 0.1) is 0 Å². The highest BCUT2D eigenvalue weighted by Gasteiger charge is 2.09. The highest BCUT2D eigenvalue weighted by molar-refractivity contribution is 4.93. The number of hydrogen-bond acceptors (Lipinski definition) is 2. The maximum Gasteiger partial charge on any atom is 0.100 e. The summed E-state index contributed by atoms with van der Waals surface area (Å²) >= 11 is 0. The van der Waals surface area contributed by atoms with Crippen LogP contribution in [0.4, 0.5) is 0 Å². The molecule has 0 aliphatic heterocycles. The molecule has 0 aliphatic carbocycles. The van der Waals surface area contributed by atoms with E-state index in [1.165, 1.54) is 64.2 Å². The molecule has 0 amide bonds. The highest BCUT2D eigenvalue weighted by atomic mass is 16.3. The molecule has 0 aromatic rings. The molecule has 0 fully saturated rings. The van der Waals surface area contributed by atoms with E-state index in [4.69, 9.17) is 5.73 Å². The van der Waals surface area contributed by atoms with Crippen LogP contribution in [0.3, 0.4) is 0 Å². The Morgan fingerprint density at radius 2 is 1.38 bits per heavy atom. The van der Waals surface area contributed by atoms with Crippen LogP contribution in [0.5, 0.6) is 0 Å². The molecule has 3 N–H and O–H groups in total. The molecule has 2 unspecified atom stereocenters. The molecule has 21 heavy (non-hydrogen) atoms. The van der Waals surface area contributed by atoms with Crippen molar-refractivity contribution in [3.8, 4) is 0 Å². The van der Waals surface area contributed by atoms with Gasteiger partial charge in [0.1, 0.15) is 6.61 Å². The Bertz CT molecular complexity index is 231. The molecule has 3 heteroatoms. The number of aliphatic hydroxyl groups excluding tert-OH is 1. The SMILES string of the molecule is CCCCCCCCCCCCCC=CC(O)C(N)C[O]. The van der Waals surface area contributed by atoms with Gasteiger partial charge in [-0.15, -0.1) is 0 Å². The summed E-state index contributed by atoms with van der Waals surface area (Å²) in [4.78, 5) is 0. The predicted molar refractivity (Wildman–Crippen MR) is 89.8 cm³/mol. The van der Waals surface area contributed by atoms with Crippen molar-refractivity contribution in [2.24, 2.45) is 5.73 Å². The summed E-state index contributed by atoms with van der Waals surface area (Å²) in [6.07, 6.45) is 18.6. The summed E-state index contributed by atoms with van der Waals surface area (Å²) in [7, 11) is 0. The largest absolute Gasteiger partial charge is 0.387 e. The maximum absolute atomic E-state index is 10.5. The van der Waals surface area contributed by atoms with E-state index < -0.39 is 18.8 Å². The number of nitrogens with two attached hydrogens (primary N) is 1. The molecule has 0 aromatic carbocycles. The van der Waals surface area contributed by atoms with Crippen LogP contribution in [0.25, 0.3) is 0 Å². The molecule has 0 rings (SSSR count). The third kappa shape index (κ3) is 14.3. The van der Waals surface area contributed by atoms with Crippen molar-refractivity contribution < 1.29 is 10.2 Å². The van der Waals surface area contributed by atoms with Gasteiger partial charge in [-0.05, 0) is 12.8 Å². The van der Waals surface area contributed by atoms with E-state index in [0.717, 1.165) is 12.8 Å². The van der Waals surface area contributed by atoms with Gasteiger partial charge < -0.3 is 10.8 Å². The first-order valence-corrected chi connectivity index (χ1v) is 8.90. The zero-order valence-corrected chi connectivity index (χ0v) is 13.9. The number of allylic oxidation sites excluding steroid dienone is 1. The van der Waals surface area contributed by atoms with Gasteiger partial charge in [0.25, 0.3) is 0 Å². The molecular weight excluding hydrogens is 262 g/mol. The van der Waals surface area contributed by atoms with Gasteiger partial charge in [-0.3, -0.25) is 0 Å². The minimum absolute atomic E-state index is 0.427. The van der Waals surface area contributed by atoms with Crippen LogP contribution >= 0.6 is 0 Å². The van der Waals surface area contributed by atoms with Gasteiger partial charge in [-0.1, -0.05) is 83.3 Å². The second-order valence-corrected chi connectivity index (χ2v) is 6.07. The summed E-state index contributed by atoms with van der Waals surface area (Å²) in [6, 6.07) is -0.668. The Labute approximate surface area is 131 Å². The quantitative estimate of drug-likeness (QED) is 0.348. The van der Waals surface area contributed by atoms with Crippen molar-refractivity contribution in [3.05, 3.63) is 12.2 Å². The van der Waals surface area contributed by atoms with E-state index >= 15 is 0 Å². The fourth-order valence-electron chi connectivity index (χ4n) is 2.40. The average Bonchev–Trinajstić information content (AvgIpc) is 2.50. The van der Waals surface area contributed by atoms with Crippen molar-refractivity contribution in [1.29, 1.82) is 0 Å². The topological polar surface area (TPSA) is 66.2 Å². The predicted octanol–water partition coefficient (Wildman–Crippen LogP) is 4.36. The molecule has 0 spiro atoms. The summed E-state index contributed by atoms with van der Waals surface area (Å²) in [5, 5.41) is 20.0. The van der Waals surface area contributed by atoms with Crippen molar-refractivity contribution in [2.45, 2.75) is 96.1 Å². The molecule has 0 saturated heterocycles. The van der Waals surface area contributed by atoms with Crippen molar-refractivity contribution >= 4 is 0 Å². The Morgan fingerprint density at radius 3 is 1.86 bits per heavy atom. The number of rotatable bonds is 15. The minimum Gasteiger partial charge on any atom is -0.387 e. The molecule has 0 aromatic heterocycles. The number of hydrogen-bond donors (Lipinski definition) is 2. The molecule has 3 nitrogen and oxygen atoms in total. The molecule has 2 atom stereocenters. The number of unbranched alkanes of at least 4 members (excludes halogenated alkanes) is 11. The van der Waals surface area contributed by atoms with Gasteiger partial charge in [0.2, 0.25) is 0 Å². The monoisotopic (exact) mass is 298 g/mol. The van der Waals surface area contributed by atoms with E-state index in [1.54, 1.807) is 6.08 Å². The van der Waals surface area contributed by atoms with Gasteiger partial charge in [-0.25, -0.2) is 5.11 Å². The van der Waals surface area contributed by atoms with Gasteiger partial charge in [0.15, 0.2) is 0 Å². The number of aliphatic hydroxyl groups is 1. The first kappa shape index (κ1) is 20.6. The average molecular weight is 298 g/mol. The normalized spacial score (nSPS) is 14.7. The highest BCUT2D eigenvalue weighted by Crippen LogP contribution is 2.12. The van der Waals surface area contributed by atoms with Gasteiger partial charge in [-0.2, -0.15) is 0 Å². The Hall–Kier alpha value is -0.380. The minimum atomic E-state index is -0.782. The summed E-state index contributed by atoms with van der Waals surface area (Å²) in [5.41, 5.74) is 5.45. The standard InChI is InChI=1S/C18H36NO2/c1-2-3-4-5-6-7-8-9-10-11-12-13-14-15-18(21)17(19)16-20/h14-15,17-18,21H,2-13,16,19H2,1H3. The maximum atomic E-state index is 10.5. The molecule has 1 radical (unpaired) electrons. The van der Waals surface area contributed by atoms with E-state index in [-0.39, 0.29) is 0 Å². The van der Waals surface area contributed by atoms with Crippen LogP contribution < -0.4 is 5.73 Å². The van der Waals surface area contributed by atoms with Crippen LogP contribution in [0.15, 0.2) is 12.2 Å². The first-order chi connectivity index (χ1) is 10.2. The molecular formula is C18H36NO2. The zero-order chi connectivity index (χ0) is 15.8. The fraction of sp³-hybridized carbons (Fsp3) is 0.889. The van der Waals surface area contributed by atoms with Gasteiger partial charge in [0.05, 0.1) is 12.1 Å².